The summed E-state index contributed by atoms with van der Waals surface area (Å²) in [6.07, 6.45) is 0. The molecule has 1 aromatic heterocycles. The minimum Gasteiger partial charge on any atom is -0.506 e. The van der Waals surface area contributed by atoms with Gasteiger partial charge in [0.25, 0.3) is 0 Å². The fourth-order valence-corrected chi connectivity index (χ4v) is 1.40. The number of hydrogen-bond acceptors (Lipinski definition) is 2. The summed E-state index contributed by atoms with van der Waals surface area (Å²) in [5, 5.41) is 10.4. The Bertz CT molecular complexity index is 442. The number of para-hydroxylation sites is 1. The number of alkyl halides is 1. The number of benzene rings is 1. The molecule has 2 aromatic rings. The SMILES string of the molecule is Oc1cccc2ccc(CCl)nc12. The molecule has 66 valence electrons. The van der Waals surface area contributed by atoms with Crippen LogP contribution in [0.25, 0.3) is 10.9 Å². The zero-order valence-electron chi connectivity index (χ0n) is 6.87. The average molecular weight is 194 g/mol. The first-order valence-electron chi connectivity index (χ1n) is 3.95. The highest BCUT2D eigenvalue weighted by Gasteiger charge is 2.00. The van der Waals surface area contributed by atoms with Crippen molar-refractivity contribution in [1.82, 2.24) is 4.98 Å². The Morgan fingerprint density at radius 3 is 2.85 bits per heavy atom. The molecule has 0 saturated carbocycles. The smallest absolute Gasteiger partial charge is 0.141 e. The summed E-state index contributed by atoms with van der Waals surface area (Å²) < 4.78 is 0. The topological polar surface area (TPSA) is 33.1 Å². The highest BCUT2D eigenvalue weighted by molar-refractivity contribution is 6.17. The van der Waals surface area contributed by atoms with E-state index in [9.17, 15) is 5.11 Å². The fraction of sp³-hybridized carbons (Fsp3) is 0.100. The van der Waals surface area contributed by atoms with Gasteiger partial charge in [-0.1, -0.05) is 18.2 Å². The Morgan fingerprint density at radius 2 is 2.08 bits per heavy atom. The molecule has 0 aliphatic heterocycles. The van der Waals surface area contributed by atoms with Crippen molar-refractivity contribution in [2.45, 2.75) is 5.88 Å². The molecule has 0 radical (unpaired) electrons. The quantitative estimate of drug-likeness (QED) is 0.707. The fourth-order valence-electron chi connectivity index (χ4n) is 1.25. The second-order valence-electron chi connectivity index (χ2n) is 2.79. The number of hydrogen-bond donors (Lipinski definition) is 1. The molecule has 0 unspecified atom stereocenters. The van der Waals surface area contributed by atoms with Crippen molar-refractivity contribution >= 4 is 22.5 Å². The summed E-state index contributed by atoms with van der Waals surface area (Å²) in [5.41, 5.74) is 1.39. The first-order valence-corrected chi connectivity index (χ1v) is 4.48. The van der Waals surface area contributed by atoms with Crippen molar-refractivity contribution in [2.75, 3.05) is 0 Å². The predicted octanol–water partition coefficient (Wildman–Crippen LogP) is 2.68. The first-order chi connectivity index (χ1) is 6.31. The van der Waals surface area contributed by atoms with E-state index in [1.807, 2.05) is 18.2 Å². The Labute approximate surface area is 80.8 Å². The van der Waals surface area contributed by atoms with Gasteiger partial charge in [-0.3, -0.25) is 0 Å². The molecule has 0 aliphatic carbocycles. The van der Waals surface area contributed by atoms with Crippen molar-refractivity contribution in [3.05, 3.63) is 36.0 Å². The van der Waals surface area contributed by atoms with Gasteiger partial charge >= 0.3 is 0 Å². The van der Waals surface area contributed by atoms with E-state index in [4.69, 9.17) is 11.6 Å². The molecule has 0 saturated heterocycles. The van der Waals surface area contributed by atoms with Gasteiger partial charge in [0.1, 0.15) is 11.3 Å². The molecular formula is C10H8ClNO. The van der Waals surface area contributed by atoms with Crippen LogP contribution in [0.15, 0.2) is 30.3 Å². The van der Waals surface area contributed by atoms with Crippen LogP contribution in [0.1, 0.15) is 5.69 Å². The van der Waals surface area contributed by atoms with Gasteiger partial charge in [0.05, 0.1) is 11.6 Å². The largest absolute Gasteiger partial charge is 0.506 e. The molecule has 0 atom stereocenters. The Kier molecular flexibility index (Phi) is 2.07. The third-order valence-corrected chi connectivity index (χ3v) is 2.17. The highest BCUT2D eigenvalue weighted by atomic mass is 35.5. The van der Waals surface area contributed by atoms with Crippen molar-refractivity contribution in [2.24, 2.45) is 0 Å². The van der Waals surface area contributed by atoms with Gasteiger partial charge in [0.15, 0.2) is 0 Å². The number of pyridine rings is 1. The maximum absolute atomic E-state index is 9.49. The normalized spacial score (nSPS) is 10.5. The van der Waals surface area contributed by atoms with E-state index in [0.717, 1.165) is 11.1 Å². The third-order valence-electron chi connectivity index (χ3n) is 1.89. The predicted molar refractivity (Wildman–Crippen MR) is 53.0 cm³/mol. The maximum atomic E-state index is 9.49. The van der Waals surface area contributed by atoms with Gasteiger partial charge in [-0.05, 0) is 12.1 Å². The van der Waals surface area contributed by atoms with Crippen LogP contribution in [0, 0.1) is 0 Å². The van der Waals surface area contributed by atoms with Gasteiger partial charge in [0.2, 0.25) is 0 Å². The molecule has 0 spiro atoms. The second-order valence-corrected chi connectivity index (χ2v) is 3.05. The van der Waals surface area contributed by atoms with Crippen LogP contribution in [0.3, 0.4) is 0 Å². The number of aromatic hydroxyl groups is 1. The summed E-state index contributed by atoms with van der Waals surface area (Å²) >= 11 is 5.64. The van der Waals surface area contributed by atoms with Gasteiger partial charge in [-0.2, -0.15) is 0 Å². The zero-order valence-corrected chi connectivity index (χ0v) is 7.62. The molecule has 2 rings (SSSR count). The van der Waals surface area contributed by atoms with Crippen LogP contribution in [0.2, 0.25) is 0 Å². The Balaban J connectivity index is 2.74. The lowest BCUT2D eigenvalue weighted by molar-refractivity contribution is 0.480. The lowest BCUT2D eigenvalue weighted by atomic mass is 10.2. The van der Waals surface area contributed by atoms with Crippen molar-refractivity contribution < 1.29 is 5.11 Å². The molecule has 13 heavy (non-hydrogen) atoms. The average Bonchev–Trinajstić information content (AvgIpc) is 2.18. The molecule has 1 aromatic carbocycles. The van der Waals surface area contributed by atoms with Crippen LogP contribution in [-0.4, -0.2) is 10.1 Å². The first kappa shape index (κ1) is 8.32. The molecule has 0 bridgehead atoms. The molecule has 1 heterocycles. The molecule has 2 nitrogen and oxygen atoms in total. The van der Waals surface area contributed by atoms with Crippen LogP contribution in [-0.2, 0) is 5.88 Å². The molecular weight excluding hydrogens is 186 g/mol. The minimum absolute atomic E-state index is 0.199. The zero-order chi connectivity index (χ0) is 9.26. The van der Waals surface area contributed by atoms with E-state index >= 15 is 0 Å². The number of nitrogens with zero attached hydrogens (tertiary/aromatic N) is 1. The van der Waals surface area contributed by atoms with E-state index in [2.05, 4.69) is 4.98 Å². The molecule has 0 amide bonds. The number of rotatable bonds is 1. The van der Waals surface area contributed by atoms with Crippen molar-refractivity contribution in [1.29, 1.82) is 0 Å². The van der Waals surface area contributed by atoms with Crippen LogP contribution < -0.4 is 0 Å². The number of phenols is 1. The monoisotopic (exact) mass is 193 g/mol. The molecule has 1 N–H and O–H groups in total. The lowest BCUT2D eigenvalue weighted by Gasteiger charge is -2.01. The van der Waals surface area contributed by atoms with Crippen molar-refractivity contribution in [3.63, 3.8) is 0 Å². The number of halogens is 1. The summed E-state index contributed by atoms with van der Waals surface area (Å²) in [4.78, 5) is 4.21. The summed E-state index contributed by atoms with van der Waals surface area (Å²) in [5.74, 6) is 0.564. The number of fused-ring (bicyclic) bond motifs is 1. The van der Waals surface area contributed by atoms with E-state index in [-0.39, 0.29) is 5.75 Å². The Morgan fingerprint density at radius 1 is 1.23 bits per heavy atom. The summed E-state index contributed by atoms with van der Waals surface area (Å²) in [7, 11) is 0. The number of aromatic nitrogens is 1. The second kappa shape index (κ2) is 3.23. The van der Waals surface area contributed by atoms with E-state index in [1.165, 1.54) is 0 Å². The summed E-state index contributed by atoms with van der Waals surface area (Å²) in [6, 6.07) is 9.07. The third kappa shape index (κ3) is 1.45. The molecule has 3 heteroatoms. The van der Waals surface area contributed by atoms with Crippen molar-refractivity contribution in [3.8, 4) is 5.75 Å². The highest BCUT2D eigenvalue weighted by Crippen LogP contribution is 2.22. The molecule has 0 fully saturated rings. The van der Waals surface area contributed by atoms with Crippen LogP contribution in [0.5, 0.6) is 5.75 Å². The minimum atomic E-state index is 0.199. The van der Waals surface area contributed by atoms with Crippen LogP contribution >= 0.6 is 11.6 Å². The van der Waals surface area contributed by atoms with Gasteiger partial charge in [-0.25, -0.2) is 4.98 Å². The van der Waals surface area contributed by atoms with Crippen LogP contribution in [0.4, 0.5) is 0 Å². The van der Waals surface area contributed by atoms with E-state index in [0.29, 0.717) is 11.4 Å². The molecule has 0 aliphatic rings. The van der Waals surface area contributed by atoms with E-state index in [1.54, 1.807) is 12.1 Å². The summed E-state index contributed by atoms with van der Waals surface area (Å²) in [6.45, 7) is 0. The standard InChI is InChI=1S/C10H8ClNO/c11-6-8-5-4-7-2-1-3-9(13)10(7)12-8/h1-5,13H,6H2. The maximum Gasteiger partial charge on any atom is 0.141 e. The van der Waals surface area contributed by atoms with Gasteiger partial charge in [0, 0.05) is 5.39 Å². The van der Waals surface area contributed by atoms with Gasteiger partial charge in [-0.15, -0.1) is 11.6 Å². The Hall–Kier alpha value is -1.28. The van der Waals surface area contributed by atoms with E-state index < -0.39 is 0 Å². The lowest BCUT2D eigenvalue weighted by Crippen LogP contribution is -1.86. The number of phenolic OH excluding ortho intramolecular Hbond substituents is 1. The van der Waals surface area contributed by atoms with Gasteiger partial charge < -0.3 is 5.11 Å².